The maximum atomic E-state index is 10.5. The lowest BCUT2D eigenvalue weighted by Gasteiger charge is -2.27. The van der Waals surface area contributed by atoms with Crippen LogP contribution in [0.1, 0.15) is 17.5 Å². The average Bonchev–Trinajstić information content (AvgIpc) is 2.39. The number of hydrogen-bond donors (Lipinski definition) is 2. The van der Waals surface area contributed by atoms with Gasteiger partial charge in [-0.25, -0.2) is 0 Å². The highest BCUT2D eigenvalue weighted by Crippen LogP contribution is 2.32. The van der Waals surface area contributed by atoms with Crippen LogP contribution in [0.15, 0.2) is 18.2 Å². The summed E-state index contributed by atoms with van der Waals surface area (Å²) in [4.78, 5) is 2.18. The fourth-order valence-electron chi connectivity index (χ4n) is 2.21. The SMILES string of the molecule is CN1CCC(O)(CN)c2cc(Cl)ccc2C1. The molecule has 0 radical (unpaired) electrons. The Bertz CT molecular complexity index is 397. The molecule has 0 spiro atoms. The number of hydrogen-bond acceptors (Lipinski definition) is 3. The highest BCUT2D eigenvalue weighted by atomic mass is 35.5. The second kappa shape index (κ2) is 4.34. The van der Waals surface area contributed by atoms with Crippen molar-refractivity contribution in [1.82, 2.24) is 4.90 Å². The van der Waals surface area contributed by atoms with E-state index in [2.05, 4.69) is 4.90 Å². The maximum absolute atomic E-state index is 10.5. The summed E-state index contributed by atoms with van der Waals surface area (Å²) in [5, 5.41) is 11.2. The van der Waals surface area contributed by atoms with E-state index in [1.165, 1.54) is 0 Å². The molecule has 1 aromatic carbocycles. The Morgan fingerprint density at radius 3 is 3.00 bits per heavy atom. The second-order valence-electron chi connectivity index (χ2n) is 4.52. The van der Waals surface area contributed by atoms with E-state index in [4.69, 9.17) is 17.3 Å². The van der Waals surface area contributed by atoms with E-state index in [1.54, 1.807) is 0 Å². The van der Waals surface area contributed by atoms with Crippen LogP contribution in [0.25, 0.3) is 0 Å². The van der Waals surface area contributed by atoms with Gasteiger partial charge in [-0.2, -0.15) is 0 Å². The standard InChI is InChI=1S/C12H17ClN2O/c1-15-5-4-12(16,8-14)11-6-10(13)3-2-9(11)7-15/h2-3,6,16H,4-5,7-8,14H2,1H3. The summed E-state index contributed by atoms with van der Waals surface area (Å²) in [6, 6.07) is 5.67. The van der Waals surface area contributed by atoms with Gasteiger partial charge in [-0.05, 0) is 36.7 Å². The van der Waals surface area contributed by atoms with Gasteiger partial charge in [-0.3, -0.25) is 0 Å². The van der Waals surface area contributed by atoms with E-state index in [1.807, 2.05) is 25.2 Å². The molecule has 0 bridgehead atoms. The van der Waals surface area contributed by atoms with Crippen LogP contribution in [-0.4, -0.2) is 30.1 Å². The molecule has 0 saturated heterocycles. The molecule has 0 saturated carbocycles. The molecule has 0 fully saturated rings. The molecule has 1 aromatic rings. The summed E-state index contributed by atoms with van der Waals surface area (Å²) in [5.41, 5.74) is 6.76. The number of aliphatic hydroxyl groups is 1. The van der Waals surface area contributed by atoms with Gasteiger partial charge in [0.25, 0.3) is 0 Å². The lowest BCUT2D eigenvalue weighted by molar-refractivity contribution is 0.0333. The van der Waals surface area contributed by atoms with E-state index in [-0.39, 0.29) is 6.54 Å². The molecule has 1 unspecified atom stereocenters. The topological polar surface area (TPSA) is 49.5 Å². The first-order valence-electron chi connectivity index (χ1n) is 5.45. The quantitative estimate of drug-likeness (QED) is 0.779. The van der Waals surface area contributed by atoms with Crippen molar-refractivity contribution in [3.63, 3.8) is 0 Å². The van der Waals surface area contributed by atoms with Gasteiger partial charge in [0.05, 0.1) is 0 Å². The summed E-state index contributed by atoms with van der Waals surface area (Å²) in [5.74, 6) is 0. The number of halogens is 1. The fourth-order valence-corrected chi connectivity index (χ4v) is 2.38. The van der Waals surface area contributed by atoms with Gasteiger partial charge in [-0.1, -0.05) is 17.7 Å². The minimum atomic E-state index is -0.939. The van der Waals surface area contributed by atoms with Crippen LogP contribution in [0.2, 0.25) is 5.02 Å². The molecule has 0 amide bonds. The highest BCUT2D eigenvalue weighted by Gasteiger charge is 2.32. The third kappa shape index (κ3) is 2.09. The zero-order chi connectivity index (χ0) is 11.8. The molecular weight excluding hydrogens is 224 g/mol. The van der Waals surface area contributed by atoms with Gasteiger partial charge in [0.15, 0.2) is 0 Å². The first-order valence-corrected chi connectivity index (χ1v) is 5.83. The number of nitrogens with zero attached hydrogens (tertiary/aromatic N) is 1. The normalized spacial score (nSPS) is 26.2. The third-order valence-electron chi connectivity index (χ3n) is 3.26. The summed E-state index contributed by atoms with van der Waals surface area (Å²) in [6.45, 7) is 1.89. The van der Waals surface area contributed by atoms with Gasteiger partial charge < -0.3 is 15.7 Å². The summed E-state index contributed by atoms with van der Waals surface area (Å²) < 4.78 is 0. The van der Waals surface area contributed by atoms with Crippen molar-refractivity contribution in [2.24, 2.45) is 5.73 Å². The van der Waals surface area contributed by atoms with Crippen LogP contribution >= 0.6 is 11.6 Å². The molecule has 0 aromatic heterocycles. The molecule has 4 heteroatoms. The zero-order valence-corrected chi connectivity index (χ0v) is 10.2. The molecule has 16 heavy (non-hydrogen) atoms. The van der Waals surface area contributed by atoms with Crippen molar-refractivity contribution in [3.05, 3.63) is 34.3 Å². The summed E-state index contributed by atoms with van der Waals surface area (Å²) in [6.07, 6.45) is 0.646. The van der Waals surface area contributed by atoms with E-state index in [0.29, 0.717) is 11.4 Å². The first-order chi connectivity index (χ1) is 7.55. The summed E-state index contributed by atoms with van der Waals surface area (Å²) >= 11 is 5.99. The van der Waals surface area contributed by atoms with E-state index in [0.717, 1.165) is 24.2 Å². The molecule has 88 valence electrons. The number of nitrogens with two attached hydrogens (primary N) is 1. The second-order valence-corrected chi connectivity index (χ2v) is 4.96. The molecule has 0 aliphatic carbocycles. The maximum Gasteiger partial charge on any atom is 0.103 e. The Morgan fingerprint density at radius 1 is 1.56 bits per heavy atom. The molecule has 3 nitrogen and oxygen atoms in total. The van der Waals surface area contributed by atoms with Crippen LogP contribution in [0.3, 0.4) is 0 Å². The predicted octanol–water partition coefficient (Wildman–Crippen LogP) is 1.32. The Kier molecular flexibility index (Phi) is 3.22. The Balaban J connectivity index is 2.52. The average molecular weight is 241 g/mol. The van der Waals surface area contributed by atoms with Gasteiger partial charge >= 0.3 is 0 Å². The van der Waals surface area contributed by atoms with Crippen LogP contribution in [0.4, 0.5) is 0 Å². The number of rotatable bonds is 1. The van der Waals surface area contributed by atoms with E-state index >= 15 is 0 Å². The van der Waals surface area contributed by atoms with Gasteiger partial charge in [-0.15, -0.1) is 0 Å². The molecule has 1 aliphatic heterocycles. The highest BCUT2D eigenvalue weighted by molar-refractivity contribution is 6.30. The lowest BCUT2D eigenvalue weighted by atomic mass is 9.88. The third-order valence-corrected chi connectivity index (χ3v) is 3.49. The Labute approximate surface area is 101 Å². The van der Waals surface area contributed by atoms with Crippen molar-refractivity contribution < 1.29 is 5.11 Å². The van der Waals surface area contributed by atoms with Crippen molar-refractivity contribution in [2.45, 2.75) is 18.6 Å². The van der Waals surface area contributed by atoms with Crippen LogP contribution in [-0.2, 0) is 12.1 Å². The molecule has 2 rings (SSSR count). The van der Waals surface area contributed by atoms with Gasteiger partial charge in [0.1, 0.15) is 5.60 Å². The molecule has 1 heterocycles. The molecule has 1 aliphatic rings. The van der Waals surface area contributed by atoms with Gasteiger partial charge in [0, 0.05) is 24.7 Å². The minimum Gasteiger partial charge on any atom is -0.384 e. The van der Waals surface area contributed by atoms with Crippen LogP contribution < -0.4 is 5.73 Å². The molecule has 3 N–H and O–H groups in total. The van der Waals surface area contributed by atoms with Crippen LogP contribution in [0.5, 0.6) is 0 Å². The number of fused-ring (bicyclic) bond motifs is 1. The van der Waals surface area contributed by atoms with Crippen molar-refractivity contribution in [2.75, 3.05) is 20.1 Å². The van der Waals surface area contributed by atoms with Gasteiger partial charge in [0.2, 0.25) is 0 Å². The lowest BCUT2D eigenvalue weighted by Crippen LogP contribution is -2.36. The first kappa shape index (κ1) is 11.9. The minimum absolute atomic E-state index is 0.230. The fraction of sp³-hybridized carbons (Fsp3) is 0.500. The van der Waals surface area contributed by atoms with Crippen molar-refractivity contribution in [1.29, 1.82) is 0 Å². The van der Waals surface area contributed by atoms with Crippen LogP contribution in [0, 0.1) is 0 Å². The van der Waals surface area contributed by atoms with Crippen molar-refractivity contribution >= 4 is 11.6 Å². The Morgan fingerprint density at radius 2 is 2.31 bits per heavy atom. The van der Waals surface area contributed by atoms with E-state index in [9.17, 15) is 5.11 Å². The number of benzene rings is 1. The monoisotopic (exact) mass is 240 g/mol. The smallest absolute Gasteiger partial charge is 0.103 e. The zero-order valence-electron chi connectivity index (χ0n) is 9.41. The largest absolute Gasteiger partial charge is 0.384 e. The summed E-state index contributed by atoms with van der Waals surface area (Å²) in [7, 11) is 2.04. The predicted molar refractivity (Wildman–Crippen MR) is 65.4 cm³/mol. The van der Waals surface area contributed by atoms with Crippen molar-refractivity contribution in [3.8, 4) is 0 Å². The molecular formula is C12H17ClN2O. The Hall–Kier alpha value is -0.610. The van der Waals surface area contributed by atoms with E-state index < -0.39 is 5.60 Å². The molecule has 1 atom stereocenters.